The Kier molecular flexibility index (Phi) is 40.8. The number of aliphatic hydroxyl groups excluding tert-OH is 1. The molecule has 0 aliphatic rings. The Bertz CT molecular complexity index is 793. The van der Waals surface area contributed by atoms with E-state index in [4.69, 9.17) is 0 Å². The van der Waals surface area contributed by atoms with Gasteiger partial charge in [-0.1, -0.05) is 245 Å². The minimum absolute atomic E-state index is 0.187. The second-order valence-electron chi connectivity index (χ2n) is 16.4. The van der Waals surface area contributed by atoms with E-state index in [1.165, 1.54) is 199 Å². The molecule has 8 heteroatoms. The number of rotatable bonds is 44. The van der Waals surface area contributed by atoms with Crippen molar-refractivity contribution in [3.8, 4) is 0 Å². The molecule has 4 N–H and O–H groups in total. The van der Waals surface area contributed by atoms with Gasteiger partial charge in [0.05, 0.1) is 18.8 Å². The van der Waals surface area contributed by atoms with Gasteiger partial charge in [-0.2, -0.15) is 0 Å². The molecule has 0 unspecified atom stereocenters. The lowest BCUT2D eigenvalue weighted by Gasteiger charge is -2.24. The maximum absolute atomic E-state index is 12.6. The Morgan fingerprint density at radius 2 is 0.736 bits per heavy atom. The van der Waals surface area contributed by atoms with Gasteiger partial charge in [0.15, 0.2) is 0 Å². The van der Waals surface area contributed by atoms with Crippen LogP contribution in [0.4, 0.5) is 0 Å². The van der Waals surface area contributed by atoms with E-state index >= 15 is 0 Å². The van der Waals surface area contributed by atoms with Crippen LogP contribution in [0.3, 0.4) is 0 Å². The van der Waals surface area contributed by atoms with E-state index in [1.54, 1.807) is 0 Å². The van der Waals surface area contributed by atoms with Gasteiger partial charge >= 0.3 is 7.82 Å². The molecular formula is C45H92NO6P. The average Bonchev–Trinajstić information content (AvgIpc) is 3.13. The second kappa shape index (κ2) is 41.2. The number of aliphatic hydroxyl groups is 1. The normalized spacial score (nSPS) is 13.1. The zero-order valence-corrected chi connectivity index (χ0v) is 36.3. The van der Waals surface area contributed by atoms with Gasteiger partial charge < -0.3 is 20.2 Å². The number of carbonyl (C=O) groups excluding carboxylic acids is 1. The van der Waals surface area contributed by atoms with Crippen LogP contribution in [0.2, 0.25) is 0 Å². The summed E-state index contributed by atoms with van der Waals surface area (Å²) < 4.78 is 16.0. The number of unbranched alkanes of at least 4 members (excludes halogenated alkanes) is 35. The van der Waals surface area contributed by atoms with Crippen molar-refractivity contribution in [2.24, 2.45) is 0 Å². The van der Waals surface area contributed by atoms with Crippen molar-refractivity contribution in [3.05, 3.63) is 0 Å². The SMILES string of the molecule is CCCCCCCCCCCCCCCCCCCCCCCCCC(=O)N[C@@H](COP(=O)(O)O)[C@H](O)CCCCCCCCCCCCCCCC. The molecule has 1 amide bonds. The lowest BCUT2D eigenvalue weighted by molar-refractivity contribution is -0.123. The summed E-state index contributed by atoms with van der Waals surface area (Å²) in [6.07, 6.45) is 48.1. The van der Waals surface area contributed by atoms with Crippen molar-refractivity contribution in [1.82, 2.24) is 5.32 Å². The van der Waals surface area contributed by atoms with E-state index < -0.39 is 26.6 Å². The standard InChI is InChI=1S/C45H92NO6P/c1-3-5-7-9-11-13-15-17-19-20-21-22-23-24-25-26-27-29-31-33-35-37-39-41-45(48)46-43(42-52-53(49,50)51)44(47)40-38-36-34-32-30-28-18-16-14-12-10-8-6-4-2/h43-44,47H,3-42H2,1-2H3,(H,46,48)(H2,49,50,51)/t43-,44+/m0/s1. The molecule has 0 saturated heterocycles. The Balaban J connectivity index is 3.77. The summed E-state index contributed by atoms with van der Waals surface area (Å²) in [4.78, 5) is 31.0. The zero-order valence-electron chi connectivity index (χ0n) is 35.5. The molecule has 0 saturated carbocycles. The van der Waals surface area contributed by atoms with Crippen LogP contribution in [-0.4, -0.2) is 39.6 Å². The highest BCUT2D eigenvalue weighted by Crippen LogP contribution is 2.36. The molecule has 0 aromatic rings. The van der Waals surface area contributed by atoms with Crippen LogP contribution >= 0.6 is 7.82 Å². The predicted molar refractivity (Wildman–Crippen MR) is 227 cm³/mol. The zero-order chi connectivity index (χ0) is 38.9. The summed E-state index contributed by atoms with van der Waals surface area (Å²) in [6.45, 7) is 4.15. The van der Waals surface area contributed by atoms with Crippen molar-refractivity contribution in [3.63, 3.8) is 0 Å². The monoisotopic (exact) mass is 774 g/mol. The van der Waals surface area contributed by atoms with E-state index in [1.807, 2.05) is 0 Å². The molecule has 7 nitrogen and oxygen atoms in total. The van der Waals surface area contributed by atoms with Crippen LogP contribution in [0, 0.1) is 0 Å². The second-order valence-corrected chi connectivity index (χ2v) is 17.7. The Labute approximate surface area is 330 Å². The quantitative estimate of drug-likeness (QED) is 0.0362. The fourth-order valence-electron chi connectivity index (χ4n) is 7.53. The Hall–Kier alpha value is -0.460. The molecule has 0 spiro atoms. The van der Waals surface area contributed by atoms with Crippen molar-refractivity contribution in [2.45, 2.75) is 276 Å². The van der Waals surface area contributed by atoms with Crippen molar-refractivity contribution in [2.75, 3.05) is 6.61 Å². The van der Waals surface area contributed by atoms with Crippen LogP contribution in [0.25, 0.3) is 0 Å². The Morgan fingerprint density at radius 3 is 1.02 bits per heavy atom. The van der Waals surface area contributed by atoms with E-state index in [2.05, 4.69) is 23.7 Å². The number of nitrogens with one attached hydrogen (secondary N) is 1. The maximum atomic E-state index is 12.6. The lowest BCUT2D eigenvalue weighted by Crippen LogP contribution is -2.46. The molecule has 0 aromatic heterocycles. The predicted octanol–water partition coefficient (Wildman–Crippen LogP) is 14.2. The van der Waals surface area contributed by atoms with Crippen LogP contribution in [0.5, 0.6) is 0 Å². The molecule has 0 fully saturated rings. The summed E-state index contributed by atoms with van der Waals surface area (Å²) in [5, 5.41) is 13.6. The molecule has 0 aliphatic carbocycles. The third kappa shape index (κ3) is 42.5. The fourth-order valence-corrected chi connectivity index (χ4v) is 7.88. The molecule has 2 atom stereocenters. The summed E-state index contributed by atoms with van der Waals surface area (Å²) in [5.74, 6) is -0.187. The fraction of sp³-hybridized carbons (Fsp3) is 0.978. The van der Waals surface area contributed by atoms with E-state index in [0.717, 1.165) is 38.5 Å². The van der Waals surface area contributed by atoms with Crippen molar-refractivity contribution >= 4 is 13.7 Å². The molecule has 0 heterocycles. The van der Waals surface area contributed by atoms with Gasteiger partial charge in [0.25, 0.3) is 0 Å². The smallest absolute Gasteiger partial charge is 0.391 e. The van der Waals surface area contributed by atoms with Crippen molar-refractivity contribution in [1.29, 1.82) is 0 Å². The molecule has 318 valence electrons. The van der Waals surface area contributed by atoms with Crippen molar-refractivity contribution < 1.29 is 28.8 Å². The molecule has 53 heavy (non-hydrogen) atoms. The molecule has 0 aliphatic heterocycles. The van der Waals surface area contributed by atoms with Gasteiger partial charge in [-0.3, -0.25) is 9.32 Å². The minimum Gasteiger partial charge on any atom is -0.391 e. The van der Waals surface area contributed by atoms with E-state index in [-0.39, 0.29) is 5.91 Å². The molecule has 0 aromatic carbocycles. The first kappa shape index (κ1) is 52.5. The number of amides is 1. The first-order valence-electron chi connectivity index (χ1n) is 23.5. The lowest BCUT2D eigenvalue weighted by atomic mass is 10.0. The topological polar surface area (TPSA) is 116 Å². The molecular weight excluding hydrogens is 681 g/mol. The van der Waals surface area contributed by atoms with Gasteiger partial charge in [-0.05, 0) is 12.8 Å². The van der Waals surface area contributed by atoms with Gasteiger partial charge in [-0.25, -0.2) is 4.57 Å². The minimum atomic E-state index is -4.69. The number of phosphoric acid groups is 1. The number of hydrogen-bond donors (Lipinski definition) is 4. The van der Waals surface area contributed by atoms with Gasteiger partial charge in [-0.15, -0.1) is 0 Å². The summed E-state index contributed by atoms with van der Waals surface area (Å²) in [5.41, 5.74) is 0. The summed E-state index contributed by atoms with van der Waals surface area (Å²) >= 11 is 0. The van der Waals surface area contributed by atoms with Crippen LogP contribution in [0.15, 0.2) is 0 Å². The highest BCUT2D eigenvalue weighted by Gasteiger charge is 2.25. The highest BCUT2D eigenvalue weighted by atomic mass is 31.2. The van der Waals surface area contributed by atoms with Gasteiger partial charge in [0.1, 0.15) is 0 Å². The largest absolute Gasteiger partial charge is 0.469 e. The average molecular weight is 774 g/mol. The number of phosphoric ester groups is 1. The maximum Gasteiger partial charge on any atom is 0.469 e. The molecule has 0 radical (unpaired) electrons. The summed E-state index contributed by atoms with van der Waals surface area (Å²) in [6, 6.07) is -0.818. The first-order chi connectivity index (χ1) is 25.8. The number of carbonyl (C=O) groups is 1. The van der Waals surface area contributed by atoms with E-state index in [9.17, 15) is 24.3 Å². The third-order valence-corrected chi connectivity index (χ3v) is 11.6. The number of hydrogen-bond acceptors (Lipinski definition) is 4. The van der Waals surface area contributed by atoms with Gasteiger partial charge in [0.2, 0.25) is 5.91 Å². The molecule has 0 rings (SSSR count). The van der Waals surface area contributed by atoms with Crippen LogP contribution in [-0.2, 0) is 13.9 Å². The third-order valence-electron chi connectivity index (χ3n) is 11.1. The molecule has 0 bridgehead atoms. The highest BCUT2D eigenvalue weighted by molar-refractivity contribution is 7.46. The first-order valence-corrected chi connectivity index (χ1v) is 25.0. The van der Waals surface area contributed by atoms with Crippen LogP contribution < -0.4 is 5.32 Å². The Morgan fingerprint density at radius 1 is 0.472 bits per heavy atom. The van der Waals surface area contributed by atoms with E-state index in [0.29, 0.717) is 12.8 Å². The summed E-state index contributed by atoms with van der Waals surface area (Å²) in [7, 11) is -4.69. The van der Waals surface area contributed by atoms with Gasteiger partial charge in [0, 0.05) is 6.42 Å². The van der Waals surface area contributed by atoms with Crippen LogP contribution in [0.1, 0.15) is 264 Å².